The van der Waals surface area contributed by atoms with Gasteiger partial charge in [0.25, 0.3) is 5.89 Å². The van der Waals surface area contributed by atoms with E-state index < -0.39 is 5.97 Å². The largest absolute Gasteiger partial charge is 0.465 e. The van der Waals surface area contributed by atoms with E-state index in [-0.39, 0.29) is 12.4 Å². The Hall–Kier alpha value is -2.70. The molecule has 24 heavy (non-hydrogen) atoms. The third-order valence-electron chi connectivity index (χ3n) is 3.38. The molecule has 0 atom stereocenters. The second-order valence-corrected chi connectivity index (χ2v) is 4.90. The summed E-state index contributed by atoms with van der Waals surface area (Å²) < 4.78 is 10.0. The number of nitrogens with two attached hydrogens (primary N) is 1. The van der Waals surface area contributed by atoms with Crippen LogP contribution in [-0.4, -0.2) is 23.2 Å². The molecule has 0 radical (unpaired) electrons. The molecule has 0 fully saturated rings. The number of hydrogen-bond acceptors (Lipinski definition) is 6. The van der Waals surface area contributed by atoms with Gasteiger partial charge in [-0.1, -0.05) is 29.4 Å². The highest BCUT2D eigenvalue weighted by Gasteiger charge is 2.13. The van der Waals surface area contributed by atoms with E-state index in [1.165, 1.54) is 7.11 Å². The van der Waals surface area contributed by atoms with Gasteiger partial charge in [-0.2, -0.15) is 4.98 Å². The Labute approximate surface area is 145 Å². The van der Waals surface area contributed by atoms with Crippen LogP contribution in [0.15, 0.2) is 53.1 Å². The summed E-state index contributed by atoms with van der Waals surface area (Å²) in [6, 6.07) is 14.5. The van der Waals surface area contributed by atoms with Gasteiger partial charge in [0.2, 0.25) is 5.82 Å². The van der Waals surface area contributed by atoms with Gasteiger partial charge in [-0.15, -0.1) is 12.4 Å². The lowest BCUT2D eigenvalue weighted by atomic mass is 10.1. The molecule has 0 spiro atoms. The van der Waals surface area contributed by atoms with Crippen LogP contribution in [0.4, 0.5) is 0 Å². The highest BCUT2D eigenvalue weighted by molar-refractivity contribution is 5.90. The molecule has 0 unspecified atom stereocenters. The van der Waals surface area contributed by atoms with Crippen LogP contribution in [0.2, 0.25) is 0 Å². The summed E-state index contributed by atoms with van der Waals surface area (Å²) in [4.78, 5) is 16.0. The zero-order chi connectivity index (χ0) is 16.2. The lowest BCUT2D eigenvalue weighted by molar-refractivity contribution is 0.0601. The summed E-state index contributed by atoms with van der Waals surface area (Å²) >= 11 is 0. The van der Waals surface area contributed by atoms with Crippen LogP contribution in [0.5, 0.6) is 0 Å². The van der Waals surface area contributed by atoms with Crippen molar-refractivity contribution in [3.8, 4) is 22.8 Å². The zero-order valence-electron chi connectivity index (χ0n) is 12.9. The maximum atomic E-state index is 11.6. The average Bonchev–Trinajstić information content (AvgIpc) is 3.11. The van der Waals surface area contributed by atoms with Crippen molar-refractivity contribution in [3.05, 3.63) is 59.7 Å². The van der Waals surface area contributed by atoms with Crippen molar-refractivity contribution < 1.29 is 14.1 Å². The minimum atomic E-state index is -0.411. The van der Waals surface area contributed by atoms with Crippen molar-refractivity contribution >= 4 is 18.4 Å². The molecule has 3 rings (SSSR count). The average molecular weight is 346 g/mol. The number of methoxy groups -OCH3 is 1. The lowest BCUT2D eigenvalue weighted by Gasteiger charge is -2.00. The zero-order valence-corrected chi connectivity index (χ0v) is 13.7. The van der Waals surface area contributed by atoms with E-state index >= 15 is 0 Å². The van der Waals surface area contributed by atoms with Crippen molar-refractivity contribution in [2.45, 2.75) is 6.54 Å². The highest BCUT2D eigenvalue weighted by atomic mass is 35.5. The van der Waals surface area contributed by atoms with Gasteiger partial charge in [-0.05, 0) is 29.8 Å². The van der Waals surface area contributed by atoms with Crippen LogP contribution in [0.25, 0.3) is 22.8 Å². The molecule has 2 aromatic carbocycles. The molecule has 0 aliphatic heterocycles. The Morgan fingerprint density at radius 1 is 1.17 bits per heavy atom. The molecule has 6 nitrogen and oxygen atoms in total. The van der Waals surface area contributed by atoms with E-state index in [9.17, 15) is 4.79 Å². The number of carbonyl (C=O) groups excluding carboxylic acids is 1. The first-order chi connectivity index (χ1) is 11.2. The van der Waals surface area contributed by atoms with Gasteiger partial charge in [-0.3, -0.25) is 0 Å². The molecule has 0 bridgehead atoms. The van der Waals surface area contributed by atoms with Gasteiger partial charge >= 0.3 is 5.97 Å². The van der Waals surface area contributed by atoms with E-state index in [1.54, 1.807) is 24.3 Å². The van der Waals surface area contributed by atoms with Crippen molar-refractivity contribution in [1.82, 2.24) is 10.1 Å². The number of rotatable bonds is 4. The first-order valence-corrected chi connectivity index (χ1v) is 7.03. The normalized spacial score (nSPS) is 10.1. The van der Waals surface area contributed by atoms with Gasteiger partial charge in [0.1, 0.15) is 0 Å². The molecular weight excluding hydrogens is 330 g/mol. The molecule has 0 saturated carbocycles. The molecule has 124 valence electrons. The Morgan fingerprint density at radius 2 is 1.92 bits per heavy atom. The number of esters is 1. The van der Waals surface area contributed by atoms with Gasteiger partial charge < -0.3 is 15.0 Å². The molecular formula is C17H16ClN3O3. The number of benzene rings is 2. The third kappa shape index (κ3) is 3.61. The minimum Gasteiger partial charge on any atom is -0.465 e. The predicted molar refractivity (Wildman–Crippen MR) is 91.6 cm³/mol. The standard InChI is InChI=1S/C17H15N3O3.ClH/c1-22-17(21)14-7-3-5-12(9-14)15-19-16(23-20-15)13-6-2-4-11(8-13)10-18;/h2-9H,10,18H2,1H3;1H. The third-order valence-corrected chi connectivity index (χ3v) is 3.38. The number of halogens is 1. The number of carbonyl (C=O) groups is 1. The first-order valence-electron chi connectivity index (χ1n) is 7.03. The Balaban J connectivity index is 0.00000208. The van der Waals surface area contributed by atoms with Gasteiger partial charge in [-0.25, -0.2) is 4.79 Å². The fourth-order valence-corrected chi connectivity index (χ4v) is 2.19. The molecule has 1 aromatic heterocycles. The number of aromatic nitrogens is 2. The second-order valence-electron chi connectivity index (χ2n) is 4.90. The SMILES string of the molecule is COC(=O)c1cccc(-c2noc(-c3cccc(CN)c3)n2)c1.Cl. The number of ether oxygens (including phenoxy) is 1. The molecule has 0 aliphatic carbocycles. The van der Waals surface area contributed by atoms with E-state index in [0.29, 0.717) is 29.4 Å². The van der Waals surface area contributed by atoms with Crippen LogP contribution < -0.4 is 5.73 Å². The first kappa shape index (κ1) is 17.7. The highest BCUT2D eigenvalue weighted by Crippen LogP contribution is 2.23. The monoisotopic (exact) mass is 345 g/mol. The maximum absolute atomic E-state index is 11.6. The lowest BCUT2D eigenvalue weighted by Crippen LogP contribution is -2.00. The second kappa shape index (κ2) is 7.72. The molecule has 0 amide bonds. The van der Waals surface area contributed by atoms with Crippen LogP contribution >= 0.6 is 12.4 Å². The van der Waals surface area contributed by atoms with E-state index in [2.05, 4.69) is 10.1 Å². The Bertz CT molecular complexity index is 848. The fraction of sp³-hybridized carbons (Fsp3) is 0.118. The van der Waals surface area contributed by atoms with Crippen LogP contribution in [0, 0.1) is 0 Å². The van der Waals surface area contributed by atoms with Crippen molar-refractivity contribution in [2.75, 3.05) is 7.11 Å². The summed E-state index contributed by atoms with van der Waals surface area (Å²) in [5, 5.41) is 3.98. The maximum Gasteiger partial charge on any atom is 0.337 e. The molecule has 2 N–H and O–H groups in total. The van der Waals surface area contributed by atoms with E-state index in [1.807, 2.05) is 24.3 Å². The predicted octanol–water partition coefficient (Wildman–Crippen LogP) is 3.07. The summed E-state index contributed by atoms with van der Waals surface area (Å²) in [5.41, 5.74) is 8.53. The van der Waals surface area contributed by atoms with Crippen LogP contribution in [-0.2, 0) is 11.3 Å². The van der Waals surface area contributed by atoms with Crippen LogP contribution in [0.3, 0.4) is 0 Å². The summed E-state index contributed by atoms with van der Waals surface area (Å²) in [6.07, 6.45) is 0. The summed E-state index contributed by atoms with van der Waals surface area (Å²) in [5.74, 6) is 0.397. The summed E-state index contributed by atoms with van der Waals surface area (Å²) in [7, 11) is 1.34. The quantitative estimate of drug-likeness (QED) is 0.731. The Morgan fingerprint density at radius 3 is 2.67 bits per heavy atom. The smallest absolute Gasteiger partial charge is 0.337 e. The van der Waals surface area contributed by atoms with Crippen molar-refractivity contribution in [1.29, 1.82) is 0 Å². The van der Waals surface area contributed by atoms with E-state index in [4.69, 9.17) is 15.0 Å². The number of nitrogens with zero attached hydrogens (tertiary/aromatic N) is 2. The summed E-state index contributed by atoms with van der Waals surface area (Å²) in [6.45, 7) is 0.440. The Kier molecular flexibility index (Phi) is 5.68. The number of hydrogen-bond donors (Lipinski definition) is 1. The van der Waals surface area contributed by atoms with Gasteiger partial charge in [0, 0.05) is 17.7 Å². The van der Waals surface area contributed by atoms with E-state index in [0.717, 1.165) is 11.1 Å². The molecule has 7 heteroatoms. The minimum absolute atomic E-state index is 0. The van der Waals surface area contributed by atoms with Crippen LogP contribution in [0.1, 0.15) is 15.9 Å². The fourth-order valence-electron chi connectivity index (χ4n) is 2.19. The molecule has 1 heterocycles. The van der Waals surface area contributed by atoms with Crippen molar-refractivity contribution in [3.63, 3.8) is 0 Å². The molecule has 0 aliphatic rings. The molecule has 3 aromatic rings. The van der Waals surface area contributed by atoms with Gasteiger partial charge in [0.05, 0.1) is 12.7 Å². The van der Waals surface area contributed by atoms with Gasteiger partial charge in [0.15, 0.2) is 0 Å². The topological polar surface area (TPSA) is 91.2 Å². The molecule has 0 saturated heterocycles. The van der Waals surface area contributed by atoms with Crippen molar-refractivity contribution in [2.24, 2.45) is 5.73 Å².